The highest BCUT2D eigenvalue weighted by Crippen LogP contribution is 2.37. The summed E-state index contributed by atoms with van der Waals surface area (Å²) in [7, 11) is 0. The van der Waals surface area contributed by atoms with Crippen molar-refractivity contribution in [3.05, 3.63) is 59.8 Å². The minimum Gasteiger partial charge on any atom is -0.381 e. The van der Waals surface area contributed by atoms with Crippen LogP contribution in [-0.2, 0) is 11.0 Å². The molecule has 0 aromatic heterocycles. The van der Waals surface area contributed by atoms with Gasteiger partial charge in [0.2, 0.25) is 0 Å². The molecule has 8 heteroatoms. The Labute approximate surface area is 180 Å². The van der Waals surface area contributed by atoms with Gasteiger partial charge in [-0.15, -0.1) is 0 Å². The summed E-state index contributed by atoms with van der Waals surface area (Å²) in [6.45, 7) is 8.23. The first-order chi connectivity index (χ1) is 14.7. The van der Waals surface area contributed by atoms with Gasteiger partial charge in [0.1, 0.15) is 0 Å². The molecular formula is C23H27F3N4O. The molecule has 166 valence electrons. The fraction of sp³-hybridized carbons (Fsp3) is 0.348. The summed E-state index contributed by atoms with van der Waals surface area (Å²) in [4.78, 5) is 14.3. The number of benzene rings is 2. The first-order valence-electron chi connectivity index (χ1n) is 10.3. The van der Waals surface area contributed by atoms with Crippen molar-refractivity contribution in [3.8, 4) is 0 Å². The van der Waals surface area contributed by atoms with Crippen LogP contribution >= 0.6 is 0 Å². The molecule has 3 rings (SSSR count). The fourth-order valence-electron chi connectivity index (χ4n) is 3.61. The number of halogens is 3. The zero-order valence-corrected chi connectivity index (χ0v) is 17.8. The van der Waals surface area contributed by atoms with E-state index in [0.717, 1.165) is 19.2 Å². The summed E-state index contributed by atoms with van der Waals surface area (Å²) in [6.07, 6.45) is -3.08. The molecule has 1 atom stereocenters. The molecule has 0 aliphatic carbocycles. The molecule has 1 amide bonds. The number of nitrogens with zero attached hydrogens (tertiary/aromatic N) is 1. The maximum absolute atomic E-state index is 13.7. The Morgan fingerprint density at radius 3 is 2.52 bits per heavy atom. The Hall–Kier alpha value is -3.00. The average molecular weight is 432 g/mol. The number of hydrogen-bond donors (Lipinski definition) is 3. The molecule has 2 aromatic rings. The van der Waals surface area contributed by atoms with Gasteiger partial charge in [-0.25, -0.2) is 0 Å². The van der Waals surface area contributed by atoms with Crippen LogP contribution in [0.25, 0.3) is 5.57 Å². The van der Waals surface area contributed by atoms with Crippen LogP contribution in [0.3, 0.4) is 0 Å². The minimum atomic E-state index is -4.51. The van der Waals surface area contributed by atoms with E-state index in [-0.39, 0.29) is 23.3 Å². The maximum atomic E-state index is 13.7. The Morgan fingerprint density at radius 2 is 1.84 bits per heavy atom. The largest absolute Gasteiger partial charge is 0.418 e. The number of anilines is 3. The molecule has 1 unspecified atom stereocenters. The van der Waals surface area contributed by atoms with Crippen LogP contribution in [-0.4, -0.2) is 36.5 Å². The molecule has 0 saturated heterocycles. The lowest BCUT2D eigenvalue weighted by atomic mass is 10.1. The maximum Gasteiger partial charge on any atom is 0.418 e. The van der Waals surface area contributed by atoms with E-state index in [1.807, 2.05) is 20.8 Å². The number of carbonyl (C=O) groups excluding carboxylic acids is 1. The van der Waals surface area contributed by atoms with E-state index in [1.165, 1.54) is 12.3 Å². The van der Waals surface area contributed by atoms with Crippen molar-refractivity contribution in [1.29, 1.82) is 0 Å². The lowest BCUT2D eigenvalue weighted by molar-refractivity contribution is -0.137. The Bertz CT molecular complexity index is 968. The highest BCUT2D eigenvalue weighted by molar-refractivity contribution is 6.31. The molecule has 1 aliphatic rings. The fourth-order valence-corrected chi connectivity index (χ4v) is 3.61. The van der Waals surface area contributed by atoms with Gasteiger partial charge in [0, 0.05) is 41.4 Å². The van der Waals surface area contributed by atoms with E-state index < -0.39 is 11.7 Å². The molecule has 0 saturated carbocycles. The Balaban J connectivity index is 1.81. The molecule has 1 heterocycles. The predicted octanol–water partition coefficient (Wildman–Crippen LogP) is 5.25. The van der Waals surface area contributed by atoms with Crippen molar-refractivity contribution in [2.45, 2.75) is 33.0 Å². The number of para-hydroxylation sites is 1. The summed E-state index contributed by atoms with van der Waals surface area (Å²) < 4.78 is 41.1. The molecule has 31 heavy (non-hydrogen) atoms. The van der Waals surface area contributed by atoms with E-state index in [9.17, 15) is 18.0 Å². The summed E-state index contributed by atoms with van der Waals surface area (Å²) in [5, 5.41) is 8.57. The van der Waals surface area contributed by atoms with E-state index >= 15 is 0 Å². The zero-order valence-electron chi connectivity index (χ0n) is 17.8. The summed E-state index contributed by atoms with van der Waals surface area (Å²) in [6, 6.07) is 11.1. The van der Waals surface area contributed by atoms with Crippen LogP contribution in [0.2, 0.25) is 0 Å². The second kappa shape index (κ2) is 9.43. The number of alkyl halides is 3. The van der Waals surface area contributed by atoms with Crippen molar-refractivity contribution in [3.63, 3.8) is 0 Å². The van der Waals surface area contributed by atoms with Crippen molar-refractivity contribution >= 4 is 28.5 Å². The highest BCUT2D eigenvalue weighted by Gasteiger charge is 2.34. The molecule has 0 spiro atoms. The van der Waals surface area contributed by atoms with Crippen LogP contribution in [0, 0.1) is 0 Å². The average Bonchev–Trinajstić information content (AvgIpc) is 3.05. The molecule has 0 radical (unpaired) electrons. The molecule has 2 aromatic carbocycles. The third kappa shape index (κ3) is 5.38. The number of fused-ring (bicyclic) bond motifs is 1. The first kappa shape index (κ1) is 22.7. The molecule has 5 nitrogen and oxygen atoms in total. The summed E-state index contributed by atoms with van der Waals surface area (Å²) >= 11 is 0. The zero-order chi connectivity index (χ0) is 22.6. The molecule has 0 bridgehead atoms. The van der Waals surface area contributed by atoms with Gasteiger partial charge in [-0.1, -0.05) is 32.0 Å². The van der Waals surface area contributed by atoms with Crippen LogP contribution in [0.5, 0.6) is 0 Å². The molecule has 1 aliphatic heterocycles. The first-order valence-corrected chi connectivity index (χ1v) is 10.3. The van der Waals surface area contributed by atoms with Gasteiger partial charge in [-0.3, -0.25) is 4.79 Å². The lowest BCUT2D eigenvalue weighted by Gasteiger charge is -2.25. The Kier molecular flexibility index (Phi) is 6.90. The minimum absolute atomic E-state index is 0.0364. The summed E-state index contributed by atoms with van der Waals surface area (Å²) in [5.74, 6) is -0.298. The van der Waals surface area contributed by atoms with E-state index in [4.69, 9.17) is 0 Å². The number of amides is 1. The van der Waals surface area contributed by atoms with Crippen molar-refractivity contribution in [2.24, 2.45) is 0 Å². The second-order valence-electron chi connectivity index (χ2n) is 7.49. The van der Waals surface area contributed by atoms with Gasteiger partial charge >= 0.3 is 6.18 Å². The smallest absolute Gasteiger partial charge is 0.381 e. The topological polar surface area (TPSA) is 56.4 Å². The third-order valence-corrected chi connectivity index (χ3v) is 5.25. The predicted molar refractivity (Wildman–Crippen MR) is 119 cm³/mol. The quantitative estimate of drug-likeness (QED) is 0.499. The molecule has 3 N–H and O–H groups in total. The van der Waals surface area contributed by atoms with Gasteiger partial charge in [0.05, 0.1) is 11.1 Å². The van der Waals surface area contributed by atoms with E-state index in [1.54, 1.807) is 30.3 Å². The summed E-state index contributed by atoms with van der Waals surface area (Å²) in [5.41, 5.74) is 1.30. The van der Waals surface area contributed by atoms with Crippen LogP contribution in [0.15, 0.2) is 48.7 Å². The van der Waals surface area contributed by atoms with E-state index in [2.05, 4.69) is 20.9 Å². The number of rotatable bonds is 8. The van der Waals surface area contributed by atoms with Gasteiger partial charge in [0.25, 0.3) is 5.91 Å². The number of likely N-dealkylation sites (N-methyl/N-ethyl adjacent to an activating group) is 1. The van der Waals surface area contributed by atoms with Crippen LogP contribution in [0.4, 0.5) is 30.2 Å². The van der Waals surface area contributed by atoms with Gasteiger partial charge in [-0.05, 0) is 44.3 Å². The standard InChI is InChI=1S/C23H27F3N4O/c1-4-30(5-2)14-15(3)28-21-11-10-16(12-19(21)23(24,25)26)27-13-18-17-8-6-7-9-20(17)29-22(18)31/h6-13,15,27-28H,4-5,14H2,1-3H3,(H,29,31). The normalized spacial score (nSPS) is 15.7. The van der Waals surface area contributed by atoms with Crippen molar-refractivity contribution in [1.82, 2.24) is 4.90 Å². The number of nitrogens with one attached hydrogen (secondary N) is 3. The van der Waals surface area contributed by atoms with Gasteiger partial charge < -0.3 is 20.9 Å². The van der Waals surface area contributed by atoms with Gasteiger partial charge in [0.15, 0.2) is 0 Å². The second-order valence-corrected chi connectivity index (χ2v) is 7.49. The lowest BCUT2D eigenvalue weighted by Crippen LogP contribution is -2.35. The third-order valence-electron chi connectivity index (χ3n) is 5.25. The van der Waals surface area contributed by atoms with Gasteiger partial charge in [-0.2, -0.15) is 13.2 Å². The monoisotopic (exact) mass is 432 g/mol. The number of carbonyl (C=O) groups is 1. The van der Waals surface area contributed by atoms with Crippen LogP contribution in [0.1, 0.15) is 31.9 Å². The van der Waals surface area contributed by atoms with E-state index in [0.29, 0.717) is 23.4 Å². The SMILES string of the molecule is CCN(CC)CC(C)Nc1ccc(NC=C2C(=O)Nc3ccccc32)cc1C(F)(F)F. The van der Waals surface area contributed by atoms with Crippen molar-refractivity contribution in [2.75, 3.05) is 35.6 Å². The Morgan fingerprint density at radius 1 is 1.13 bits per heavy atom. The molecular weight excluding hydrogens is 405 g/mol. The molecule has 0 fully saturated rings. The van der Waals surface area contributed by atoms with Crippen LogP contribution < -0.4 is 16.0 Å². The highest BCUT2D eigenvalue weighted by atomic mass is 19.4. The number of hydrogen-bond acceptors (Lipinski definition) is 4. The van der Waals surface area contributed by atoms with Crippen molar-refractivity contribution < 1.29 is 18.0 Å².